The molecule has 0 aromatic carbocycles. The van der Waals surface area contributed by atoms with Gasteiger partial charge in [-0.2, -0.15) is 0 Å². The maximum Gasteiger partial charge on any atom is 0.305 e. The van der Waals surface area contributed by atoms with Crippen LogP contribution in [0.5, 0.6) is 0 Å². The molecule has 1 saturated carbocycles. The Morgan fingerprint density at radius 3 is 2.40 bits per heavy atom. The van der Waals surface area contributed by atoms with Gasteiger partial charge in [-0.1, -0.05) is 27.7 Å². The van der Waals surface area contributed by atoms with E-state index in [1.807, 2.05) is 4.90 Å². The van der Waals surface area contributed by atoms with Gasteiger partial charge < -0.3 is 15.0 Å². The largest absolute Gasteiger partial charge is 0.469 e. The van der Waals surface area contributed by atoms with Crippen molar-refractivity contribution in [1.82, 2.24) is 15.2 Å². The van der Waals surface area contributed by atoms with Crippen LogP contribution in [0.1, 0.15) is 74.8 Å². The average molecular weight is 436 g/mol. The second kappa shape index (κ2) is 8.65. The molecule has 2 aliphatic rings. The minimum atomic E-state index is -0.279. The van der Waals surface area contributed by atoms with E-state index in [4.69, 9.17) is 0 Å². The van der Waals surface area contributed by atoms with Crippen molar-refractivity contribution in [2.24, 2.45) is 16.7 Å². The Hall–Kier alpha value is -1.96. The third-order valence-electron chi connectivity index (χ3n) is 7.25. The van der Waals surface area contributed by atoms with E-state index in [0.717, 1.165) is 30.9 Å². The lowest BCUT2D eigenvalue weighted by Crippen LogP contribution is -2.40. The van der Waals surface area contributed by atoms with Crippen molar-refractivity contribution in [1.29, 1.82) is 0 Å². The first-order valence-corrected chi connectivity index (χ1v) is 11.6. The lowest BCUT2D eigenvalue weighted by Gasteiger charge is -2.31. The van der Waals surface area contributed by atoms with Crippen LogP contribution in [-0.2, 0) is 14.3 Å². The zero-order valence-electron chi connectivity index (χ0n) is 18.6. The van der Waals surface area contributed by atoms with Crippen molar-refractivity contribution < 1.29 is 19.1 Å². The minimum absolute atomic E-state index is 0.0648. The molecule has 8 heteroatoms. The Labute approximate surface area is 182 Å². The third-order valence-corrected chi connectivity index (χ3v) is 8.26. The number of hydrogen-bond acceptors (Lipinski definition) is 6. The zero-order valence-corrected chi connectivity index (χ0v) is 19.4. The summed E-state index contributed by atoms with van der Waals surface area (Å²) in [6, 6.07) is 0. The maximum absolute atomic E-state index is 12.9. The van der Waals surface area contributed by atoms with E-state index in [2.05, 4.69) is 42.7 Å². The fourth-order valence-electron chi connectivity index (χ4n) is 4.55. The summed E-state index contributed by atoms with van der Waals surface area (Å²) in [6.45, 7) is 10.6. The van der Waals surface area contributed by atoms with Crippen LogP contribution < -0.4 is 5.32 Å². The average Bonchev–Trinajstić information content (AvgIpc) is 3.06. The fourth-order valence-corrected chi connectivity index (χ4v) is 5.52. The molecule has 166 valence electrons. The molecule has 1 saturated heterocycles. The van der Waals surface area contributed by atoms with Gasteiger partial charge in [0.1, 0.15) is 5.69 Å². The number of rotatable bonds is 7. The number of thiazole rings is 1. The number of esters is 1. The SMILES string of the molecule is COC(=O)CCCNC(=O)c1csc(C2CCN(C(=O)C3C(C)(C)C3(C)C)CC2)n1. The molecule has 0 spiro atoms. The molecular weight excluding hydrogens is 402 g/mol. The van der Waals surface area contributed by atoms with Gasteiger partial charge in [0.15, 0.2) is 0 Å². The number of aromatic nitrogens is 1. The van der Waals surface area contributed by atoms with Gasteiger partial charge in [0.2, 0.25) is 5.91 Å². The molecule has 0 bridgehead atoms. The third kappa shape index (κ3) is 4.38. The Morgan fingerprint density at radius 2 is 1.83 bits per heavy atom. The van der Waals surface area contributed by atoms with Crippen LogP contribution >= 0.6 is 11.3 Å². The minimum Gasteiger partial charge on any atom is -0.469 e. The highest BCUT2D eigenvalue weighted by atomic mass is 32.1. The van der Waals surface area contributed by atoms with E-state index in [1.165, 1.54) is 18.4 Å². The number of ether oxygens (including phenoxy) is 1. The van der Waals surface area contributed by atoms with Crippen LogP contribution in [0.15, 0.2) is 5.38 Å². The molecule has 2 heterocycles. The molecule has 1 aromatic rings. The molecule has 7 nitrogen and oxygen atoms in total. The molecule has 0 radical (unpaired) electrons. The van der Waals surface area contributed by atoms with Crippen LogP contribution in [0.25, 0.3) is 0 Å². The van der Waals surface area contributed by atoms with E-state index in [9.17, 15) is 14.4 Å². The summed E-state index contributed by atoms with van der Waals surface area (Å²) in [5.41, 5.74) is 0.554. The van der Waals surface area contributed by atoms with Gasteiger partial charge in [0.05, 0.1) is 12.1 Å². The van der Waals surface area contributed by atoms with Crippen LogP contribution in [0, 0.1) is 16.7 Å². The first-order valence-electron chi connectivity index (χ1n) is 10.7. The molecular formula is C22H33N3O4S. The van der Waals surface area contributed by atoms with Crippen molar-refractivity contribution in [2.75, 3.05) is 26.7 Å². The van der Waals surface area contributed by atoms with E-state index >= 15 is 0 Å². The Kier molecular flexibility index (Phi) is 6.55. The van der Waals surface area contributed by atoms with Gasteiger partial charge in [0.25, 0.3) is 5.91 Å². The summed E-state index contributed by atoms with van der Waals surface area (Å²) in [4.78, 5) is 42.9. The highest BCUT2D eigenvalue weighted by Crippen LogP contribution is 2.68. The maximum atomic E-state index is 12.9. The number of piperidine rings is 1. The van der Waals surface area contributed by atoms with Crippen molar-refractivity contribution in [2.45, 2.75) is 59.3 Å². The Balaban J connectivity index is 1.47. The predicted molar refractivity (Wildman–Crippen MR) is 115 cm³/mol. The quantitative estimate of drug-likeness (QED) is 0.525. The molecule has 1 aliphatic carbocycles. The number of methoxy groups -OCH3 is 1. The summed E-state index contributed by atoms with van der Waals surface area (Å²) in [5.74, 6) is 0.192. The van der Waals surface area contributed by atoms with Crippen LogP contribution in [-0.4, -0.2) is 54.4 Å². The van der Waals surface area contributed by atoms with E-state index < -0.39 is 0 Å². The predicted octanol–water partition coefficient (Wildman–Crippen LogP) is 3.21. The Morgan fingerprint density at radius 1 is 1.20 bits per heavy atom. The molecule has 1 aliphatic heterocycles. The monoisotopic (exact) mass is 435 g/mol. The molecule has 1 aromatic heterocycles. The van der Waals surface area contributed by atoms with Crippen molar-refractivity contribution in [3.8, 4) is 0 Å². The normalized spacial score (nSPS) is 20.6. The van der Waals surface area contributed by atoms with E-state index in [-0.39, 0.29) is 41.0 Å². The van der Waals surface area contributed by atoms with Gasteiger partial charge in [-0.05, 0) is 30.1 Å². The second-order valence-corrected chi connectivity index (χ2v) is 10.4. The highest BCUT2D eigenvalue weighted by molar-refractivity contribution is 7.09. The number of hydrogen-bond donors (Lipinski definition) is 1. The van der Waals surface area contributed by atoms with Crippen LogP contribution in [0.3, 0.4) is 0 Å². The molecule has 2 amide bonds. The molecule has 0 atom stereocenters. The number of nitrogens with zero attached hydrogens (tertiary/aromatic N) is 2. The smallest absolute Gasteiger partial charge is 0.305 e. The molecule has 3 rings (SSSR count). The lowest BCUT2D eigenvalue weighted by molar-refractivity contribution is -0.140. The number of amides is 2. The first kappa shape index (κ1) is 22.7. The van der Waals surface area contributed by atoms with Gasteiger partial charge in [-0.3, -0.25) is 14.4 Å². The van der Waals surface area contributed by atoms with Crippen molar-refractivity contribution in [3.05, 3.63) is 16.1 Å². The molecule has 0 unspecified atom stereocenters. The van der Waals surface area contributed by atoms with Gasteiger partial charge in [0, 0.05) is 43.3 Å². The molecule has 1 N–H and O–H groups in total. The Bertz CT molecular complexity index is 795. The van der Waals surface area contributed by atoms with Crippen molar-refractivity contribution >= 4 is 29.1 Å². The summed E-state index contributed by atoms with van der Waals surface area (Å²) in [7, 11) is 1.35. The molecule has 30 heavy (non-hydrogen) atoms. The van der Waals surface area contributed by atoms with Crippen molar-refractivity contribution in [3.63, 3.8) is 0 Å². The van der Waals surface area contributed by atoms with E-state index in [1.54, 1.807) is 5.38 Å². The summed E-state index contributed by atoms with van der Waals surface area (Å²) < 4.78 is 4.58. The van der Waals surface area contributed by atoms with Gasteiger partial charge in [-0.15, -0.1) is 11.3 Å². The number of nitrogens with one attached hydrogen (secondary N) is 1. The lowest BCUT2D eigenvalue weighted by atomic mass is 9.96. The zero-order chi connectivity index (χ0) is 22.1. The van der Waals surface area contributed by atoms with Crippen LogP contribution in [0.2, 0.25) is 0 Å². The van der Waals surface area contributed by atoms with Gasteiger partial charge in [-0.25, -0.2) is 4.98 Å². The highest BCUT2D eigenvalue weighted by Gasteiger charge is 2.68. The number of carbonyl (C=O) groups excluding carboxylic acids is 3. The standard InChI is InChI=1S/C22H33N3O4S/c1-21(2)17(22(21,3)4)20(28)25-11-8-14(9-12-25)19-24-15(13-30-19)18(27)23-10-6-7-16(26)29-5/h13-14,17H,6-12H2,1-5H3,(H,23,27). The number of likely N-dealkylation sites (tertiary alicyclic amines) is 1. The topological polar surface area (TPSA) is 88.6 Å². The summed E-state index contributed by atoms with van der Waals surface area (Å²) >= 11 is 1.51. The number of carbonyl (C=O) groups is 3. The van der Waals surface area contributed by atoms with Gasteiger partial charge >= 0.3 is 5.97 Å². The van der Waals surface area contributed by atoms with Crippen LogP contribution in [0.4, 0.5) is 0 Å². The second-order valence-electron chi connectivity index (χ2n) is 9.48. The van der Waals surface area contributed by atoms with E-state index in [0.29, 0.717) is 24.6 Å². The fraction of sp³-hybridized carbons (Fsp3) is 0.727. The first-order chi connectivity index (χ1) is 14.1. The summed E-state index contributed by atoms with van der Waals surface area (Å²) in [6.07, 6.45) is 2.59. The molecule has 2 fully saturated rings. The summed E-state index contributed by atoms with van der Waals surface area (Å²) in [5, 5.41) is 5.55.